The monoisotopic (exact) mass is 218 g/mol. The summed E-state index contributed by atoms with van der Waals surface area (Å²) < 4.78 is 5.19. The number of phenols is 1. The van der Waals surface area contributed by atoms with Gasteiger partial charge in [-0.15, -0.1) is 0 Å². The fourth-order valence-electron chi connectivity index (χ4n) is 1.47. The van der Waals surface area contributed by atoms with Gasteiger partial charge in [0.15, 0.2) is 5.82 Å². The molecular formula is C12H14N2O2. The van der Waals surface area contributed by atoms with Gasteiger partial charge in [0.05, 0.1) is 0 Å². The average Bonchev–Trinajstić information content (AvgIpc) is 2.66. The molecule has 2 rings (SSSR count). The molecule has 0 aliphatic rings. The highest BCUT2D eigenvalue weighted by molar-refractivity contribution is 5.59. The lowest BCUT2D eigenvalue weighted by molar-refractivity contribution is 0.419. The van der Waals surface area contributed by atoms with Crippen LogP contribution in [-0.2, 0) is 0 Å². The van der Waals surface area contributed by atoms with Gasteiger partial charge in [-0.3, -0.25) is 0 Å². The van der Waals surface area contributed by atoms with Gasteiger partial charge in [0.2, 0.25) is 0 Å². The molecule has 1 heterocycles. The number of nitrogens with zero attached hydrogens (tertiary/aromatic N) is 2. The van der Waals surface area contributed by atoms with Crippen LogP contribution in [0.5, 0.6) is 5.75 Å². The van der Waals surface area contributed by atoms with Crippen molar-refractivity contribution >= 4 is 0 Å². The molecule has 0 atom stereocenters. The van der Waals surface area contributed by atoms with Gasteiger partial charge in [0, 0.05) is 11.5 Å². The van der Waals surface area contributed by atoms with E-state index in [4.69, 9.17) is 4.52 Å². The molecule has 0 bridgehead atoms. The molecule has 0 radical (unpaired) electrons. The third kappa shape index (κ3) is 1.91. The molecule has 1 N–H and O–H groups in total. The van der Waals surface area contributed by atoms with E-state index >= 15 is 0 Å². The molecule has 2 aromatic rings. The van der Waals surface area contributed by atoms with Gasteiger partial charge >= 0.3 is 0 Å². The van der Waals surface area contributed by atoms with Crippen molar-refractivity contribution < 1.29 is 9.63 Å². The molecule has 4 nitrogen and oxygen atoms in total. The molecule has 0 aliphatic heterocycles. The smallest absolute Gasteiger partial charge is 0.258 e. The minimum Gasteiger partial charge on any atom is -0.508 e. The quantitative estimate of drug-likeness (QED) is 0.842. The van der Waals surface area contributed by atoms with E-state index in [2.05, 4.69) is 10.1 Å². The van der Waals surface area contributed by atoms with Crippen LogP contribution < -0.4 is 0 Å². The first-order chi connectivity index (χ1) is 7.58. The van der Waals surface area contributed by atoms with Crippen LogP contribution in [0, 0.1) is 6.92 Å². The van der Waals surface area contributed by atoms with Crippen molar-refractivity contribution in [3.8, 4) is 17.2 Å². The molecule has 1 aromatic carbocycles. The summed E-state index contributed by atoms with van der Waals surface area (Å²) in [6, 6.07) is 5.07. The first-order valence-corrected chi connectivity index (χ1v) is 5.21. The van der Waals surface area contributed by atoms with E-state index < -0.39 is 0 Å². The Bertz CT molecular complexity index is 503. The lowest BCUT2D eigenvalue weighted by Crippen LogP contribution is -1.89. The summed E-state index contributed by atoms with van der Waals surface area (Å²) in [6.45, 7) is 5.92. The maximum absolute atomic E-state index is 9.31. The Labute approximate surface area is 93.9 Å². The minimum absolute atomic E-state index is 0.241. The summed E-state index contributed by atoms with van der Waals surface area (Å²) in [7, 11) is 0. The second kappa shape index (κ2) is 3.96. The predicted molar refractivity (Wildman–Crippen MR) is 60.2 cm³/mol. The molecule has 0 aliphatic carbocycles. The third-order valence-electron chi connectivity index (χ3n) is 2.40. The zero-order chi connectivity index (χ0) is 11.7. The number of hydrogen-bond donors (Lipinski definition) is 1. The number of aromatic hydroxyl groups is 1. The Hall–Kier alpha value is -1.84. The summed E-state index contributed by atoms with van der Waals surface area (Å²) in [5, 5.41) is 13.2. The third-order valence-corrected chi connectivity index (χ3v) is 2.40. The maximum atomic E-state index is 9.31. The van der Waals surface area contributed by atoms with Gasteiger partial charge in [-0.1, -0.05) is 19.0 Å². The number of rotatable bonds is 2. The summed E-state index contributed by atoms with van der Waals surface area (Å²) in [5.74, 6) is 1.68. The fourth-order valence-corrected chi connectivity index (χ4v) is 1.47. The van der Waals surface area contributed by atoms with Gasteiger partial charge in [0.1, 0.15) is 5.75 Å². The van der Waals surface area contributed by atoms with Gasteiger partial charge in [-0.25, -0.2) is 0 Å². The highest BCUT2D eigenvalue weighted by Gasteiger charge is 2.13. The molecule has 0 amide bonds. The molecule has 0 saturated carbocycles. The van der Waals surface area contributed by atoms with Crippen molar-refractivity contribution in [2.75, 3.05) is 0 Å². The second-order valence-electron chi connectivity index (χ2n) is 4.11. The Balaban J connectivity index is 2.42. The van der Waals surface area contributed by atoms with Crippen molar-refractivity contribution in [2.45, 2.75) is 26.7 Å². The summed E-state index contributed by atoms with van der Waals surface area (Å²) in [6.07, 6.45) is 0. The van der Waals surface area contributed by atoms with Crippen LogP contribution in [0.1, 0.15) is 31.2 Å². The molecule has 0 spiro atoms. The van der Waals surface area contributed by atoms with Crippen molar-refractivity contribution in [3.05, 3.63) is 29.6 Å². The fraction of sp³-hybridized carbons (Fsp3) is 0.333. The molecule has 4 heteroatoms. The van der Waals surface area contributed by atoms with Crippen molar-refractivity contribution in [1.29, 1.82) is 0 Å². The Kier molecular flexibility index (Phi) is 2.64. The molecule has 0 fully saturated rings. The number of aromatic nitrogens is 2. The topological polar surface area (TPSA) is 59.2 Å². The minimum atomic E-state index is 0.241. The number of aryl methyl sites for hydroxylation is 1. The highest BCUT2D eigenvalue weighted by Crippen LogP contribution is 2.25. The SMILES string of the molecule is Cc1cc(O)ccc1-c1nc(C(C)C)no1. The van der Waals surface area contributed by atoms with Crippen LogP contribution in [0.3, 0.4) is 0 Å². The molecule has 0 unspecified atom stereocenters. The van der Waals surface area contributed by atoms with Crippen molar-refractivity contribution in [1.82, 2.24) is 10.1 Å². The Morgan fingerprint density at radius 1 is 1.31 bits per heavy atom. The number of hydrogen-bond acceptors (Lipinski definition) is 4. The van der Waals surface area contributed by atoms with Crippen molar-refractivity contribution in [3.63, 3.8) is 0 Å². The maximum Gasteiger partial charge on any atom is 0.258 e. The highest BCUT2D eigenvalue weighted by atomic mass is 16.5. The van der Waals surface area contributed by atoms with Crippen LogP contribution in [0.25, 0.3) is 11.5 Å². The van der Waals surface area contributed by atoms with Gasteiger partial charge < -0.3 is 9.63 Å². The lowest BCUT2D eigenvalue weighted by atomic mass is 10.1. The first kappa shape index (κ1) is 10.7. The number of benzene rings is 1. The molecule has 1 aromatic heterocycles. The van der Waals surface area contributed by atoms with E-state index in [-0.39, 0.29) is 11.7 Å². The van der Waals surface area contributed by atoms with E-state index in [1.54, 1.807) is 18.2 Å². The predicted octanol–water partition coefficient (Wildman–Crippen LogP) is 2.87. The van der Waals surface area contributed by atoms with Crippen molar-refractivity contribution in [2.24, 2.45) is 0 Å². The largest absolute Gasteiger partial charge is 0.508 e. The van der Waals surface area contributed by atoms with Crippen LogP contribution in [0.4, 0.5) is 0 Å². The van der Waals surface area contributed by atoms with E-state index in [1.807, 2.05) is 20.8 Å². The summed E-state index contributed by atoms with van der Waals surface area (Å²) in [4.78, 5) is 4.31. The zero-order valence-corrected chi connectivity index (χ0v) is 9.56. The summed E-state index contributed by atoms with van der Waals surface area (Å²) in [5.41, 5.74) is 1.77. The molecule has 16 heavy (non-hydrogen) atoms. The van der Waals surface area contributed by atoms with Crippen LogP contribution in [0.2, 0.25) is 0 Å². The van der Waals surface area contributed by atoms with E-state index in [0.29, 0.717) is 11.7 Å². The summed E-state index contributed by atoms with van der Waals surface area (Å²) >= 11 is 0. The molecular weight excluding hydrogens is 204 g/mol. The van der Waals surface area contributed by atoms with Crippen LogP contribution >= 0.6 is 0 Å². The van der Waals surface area contributed by atoms with Crippen LogP contribution in [-0.4, -0.2) is 15.2 Å². The molecule has 0 saturated heterocycles. The number of phenolic OH excluding ortho intramolecular Hbond substituents is 1. The van der Waals surface area contributed by atoms with Gasteiger partial charge in [-0.2, -0.15) is 4.98 Å². The Morgan fingerprint density at radius 2 is 2.06 bits per heavy atom. The van der Waals surface area contributed by atoms with Crippen LogP contribution in [0.15, 0.2) is 22.7 Å². The zero-order valence-electron chi connectivity index (χ0n) is 9.56. The van der Waals surface area contributed by atoms with E-state index in [1.165, 1.54) is 0 Å². The molecule has 84 valence electrons. The van der Waals surface area contributed by atoms with E-state index in [9.17, 15) is 5.11 Å². The van der Waals surface area contributed by atoms with E-state index in [0.717, 1.165) is 11.1 Å². The first-order valence-electron chi connectivity index (χ1n) is 5.21. The second-order valence-corrected chi connectivity index (χ2v) is 4.11. The normalized spacial score (nSPS) is 11.0. The van der Waals surface area contributed by atoms with Gasteiger partial charge in [0.25, 0.3) is 5.89 Å². The van der Waals surface area contributed by atoms with Gasteiger partial charge in [-0.05, 0) is 30.7 Å². The Morgan fingerprint density at radius 3 is 2.62 bits per heavy atom. The standard InChI is InChI=1S/C12H14N2O2/c1-7(2)11-13-12(16-14-11)10-5-4-9(15)6-8(10)3/h4-7,15H,1-3H3. The lowest BCUT2D eigenvalue weighted by Gasteiger charge is -2.00. The average molecular weight is 218 g/mol.